The van der Waals surface area contributed by atoms with Gasteiger partial charge in [-0.2, -0.15) is 0 Å². The number of carbonyl (C=O) groups excluding carboxylic acids is 2. The lowest BCUT2D eigenvalue weighted by atomic mass is 10.0. The van der Waals surface area contributed by atoms with Crippen molar-refractivity contribution in [1.82, 2.24) is 5.32 Å². The minimum atomic E-state index is -0.661. The maximum atomic E-state index is 12.5. The average molecular weight is 1030 g/mol. The van der Waals surface area contributed by atoms with E-state index in [0.29, 0.717) is 25.9 Å². The third kappa shape index (κ3) is 59.7. The van der Waals surface area contributed by atoms with E-state index in [-0.39, 0.29) is 18.5 Å². The molecule has 0 saturated carbocycles. The monoisotopic (exact) mass is 1030 g/mol. The summed E-state index contributed by atoms with van der Waals surface area (Å²) in [7, 11) is 0. The van der Waals surface area contributed by atoms with Gasteiger partial charge in [0.2, 0.25) is 5.91 Å². The van der Waals surface area contributed by atoms with Gasteiger partial charge in [0, 0.05) is 12.8 Å². The third-order valence-corrected chi connectivity index (χ3v) is 15.8. The molecular weight excluding hydrogens is 899 g/mol. The van der Waals surface area contributed by atoms with Gasteiger partial charge in [0.1, 0.15) is 0 Å². The molecule has 73 heavy (non-hydrogen) atoms. The highest BCUT2D eigenvalue weighted by Crippen LogP contribution is 2.18. The number of amides is 1. The molecule has 434 valence electrons. The Kier molecular flexibility index (Phi) is 61.9. The van der Waals surface area contributed by atoms with Crippen LogP contribution in [-0.2, 0) is 14.3 Å². The van der Waals surface area contributed by atoms with Gasteiger partial charge in [0.25, 0.3) is 0 Å². The number of aliphatic hydroxyl groups excluding tert-OH is 2. The van der Waals surface area contributed by atoms with Crippen molar-refractivity contribution in [3.05, 3.63) is 12.2 Å². The molecular formula is C67H131NO5. The minimum absolute atomic E-state index is 0.0207. The first-order valence-corrected chi connectivity index (χ1v) is 33.4. The standard InChI is InChI=1S/C67H131NO5/c1-3-5-7-9-11-13-15-16-33-37-41-45-49-53-57-61-67(72)73-62-58-54-50-46-42-38-35-32-30-28-26-24-22-20-18-17-19-21-23-25-27-29-31-34-36-40-44-48-52-56-60-66(71)68-64(63-69)65(70)59-55-51-47-43-39-14-12-10-8-6-4-2/h18,20,64-65,69-70H,3-17,19,21-63H2,1-2H3,(H,68,71)/b20-18-. The fourth-order valence-electron chi connectivity index (χ4n) is 10.7. The van der Waals surface area contributed by atoms with Gasteiger partial charge < -0.3 is 20.3 Å². The zero-order valence-electron chi connectivity index (χ0n) is 49.6. The van der Waals surface area contributed by atoms with Gasteiger partial charge in [-0.15, -0.1) is 0 Å². The predicted octanol–water partition coefficient (Wildman–Crippen LogP) is 21.2. The number of hydrogen-bond acceptors (Lipinski definition) is 5. The van der Waals surface area contributed by atoms with Crippen molar-refractivity contribution < 1.29 is 24.5 Å². The number of rotatable bonds is 63. The van der Waals surface area contributed by atoms with E-state index < -0.39 is 12.1 Å². The van der Waals surface area contributed by atoms with Gasteiger partial charge in [-0.1, -0.05) is 328 Å². The van der Waals surface area contributed by atoms with Crippen molar-refractivity contribution in [2.45, 2.75) is 392 Å². The second kappa shape index (κ2) is 63.1. The fraction of sp³-hybridized carbons (Fsp3) is 0.940. The predicted molar refractivity (Wildman–Crippen MR) is 320 cm³/mol. The van der Waals surface area contributed by atoms with Gasteiger partial charge in [0.05, 0.1) is 25.4 Å². The van der Waals surface area contributed by atoms with E-state index in [9.17, 15) is 19.8 Å². The first-order chi connectivity index (χ1) is 36.0. The van der Waals surface area contributed by atoms with Crippen LogP contribution in [0.15, 0.2) is 12.2 Å². The van der Waals surface area contributed by atoms with Crippen LogP contribution in [0.25, 0.3) is 0 Å². The second-order valence-corrected chi connectivity index (χ2v) is 23.2. The van der Waals surface area contributed by atoms with E-state index in [4.69, 9.17) is 4.74 Å². The Bertz CT molecular complexity index is 1100. The summed E-state index contributed by atoms with van der Waals surface area (Å²) in [5.74, 6) is -0.0118. The van der Waals surface area contributed by atoms with Crippen molar-refractivity contribution in [3.8, 4) is 0 Å². The molecule has 0 saturated heterocycles. The number of hydrogen-bond donors (Lipinski definition) is 3. The SMILES string of the molecule is CCCCCCCCCCCCCCCCCC(=O)OCCCCCCCCCCCCCC/C=C\CCCCCCCCCCCCCCCCC(=O)NC(CO)C(O)CCCCCCCCCCCCC. The molecule has 2 unspecified atom stereocenters. The fourth-order valence-corrected chi connectivity index (χ4v) is 10.7. The van der Waals surface area contributed by atoms with Crippen LogP contribution in [0.2, 0.25) is 0 Å². The molecule has 1 amide bonds. The van der Waals surface area contributed by atoms with Crippen LogP contribution in [0.5, 0.6) is 0 Å². The molecule has 0 rings (SSSR count). The van der Waals surface area contributed by atoms with E-state index in [0.717, 1.165) is 38.5 Å². The molecule has 0 aromatic heterocycles. The molecule has 3 N–H and O–H groups in total. The number of ether oxygens (including phenoxy) is 1. The lowest BCUT2D eigenvalue weighted by Gasteiger charge is -2.22. The summed E-state index contributed by atoms with van der Waals surface area (Å²) in [4.78, 5) is 24.5. The van der Waals surface area contributed by atoms with Gasteiger partial charge >= 0.3 is 5.97 Å². The van der Waals surface area contributed by atoms with Crippen LogP contribution in [-0.4, -0.2) is 47.4 Å². The number of nitrogens with one attached hydrogen (secondary N) is 1. The van der Waals surface area contributed by atoms with Gasteiger partial charge in [0.15, 0.2) is 0 Å². The highest BCUT2D eigenvalue weighted by molar-refractivity contribution is 5.76. The number of esters is 1. The zero-order valence-corrected chi connectivity index (χ0v) is 49.6. The quantitative estimate of drug-likeness (QED) is 0.0320. The Labute approximate surface area is 457 Å². The number of unbranched alkanes of at least 4 members (excludes halogenated alkanes) is 50. The van der Waals surface area contributed by atoms with Crippen LogP contribution in [0, 0.1) is 0 Å². The molecule has 0 bridgehead atoms. The Morgan fingerprint density at radius 3 is 0.973 bits per heavy atom. The van der Waals surface area contributed by atoms with Crippen LogP contribution in [0.1, 0.15) is 380 Å². The molecule has 0 aromatic rings. The number of allylic oxidation sites excluding steroid dienone is 2. The van der Waals surface area contributed by atoms with Crippen LogP contribution in [0.4, 0.5) is 0 Å². The second-order valence-electron chi connectivity index (χ2n) is 23.2. The molecule has 0 aliphatic heterocycles. The molecule has 0 spiro atoms. The third-order valence-electron chi connectivity index (χ3n) is 15.8. The van der Waals surface area contributed by atoms with Crippen molar-refractivity contribution in [1.29, 1.82) is 0 Å². The Hall–Kier alpha value is -1.40. The molecule has 0 fully saturated rings. The van der Waals surface area contributed by atoms with Crippen molar-refractivity contribution in [2.75, 3.05) is 13.2 Å². The Balaban J connectivity index is 3.33. The highest BCUT2D eigenvalue weighted by Gasteiger charge is 2.20. The largest absolute Gasteiger partial charge is 0.466 e. The molecule has 6 nitrogen and oxygen atoms in total. The summed E-state index contributed by atoms with van der Waals surface area (Å²) in [5, 5.41) is 23.2. The van der Waals surface area contributed by atoms with E-state index in [2.05, 4.69) is 31.3 Å². The maximum absolute atomic E-state index is 12.5. The van der Waals surface area contributed by atoms with Crippen LogP contribution in [0.3, 0.4) is 0 Å². The molecule has 6 heteroatoms. The molecule has 0 aliphatic rings. The number of aliphatic hydroxyl groups is 2. The molecule has 0 aromatic carbocycles. The van der Waals surface area contributed by atoms with E-state index in [1.807, 2.05) is 0 Å². The van der Waals surface area contributed by atoms with Gasteiger partial charge in [-0.25, -0.2) is 0 Å². The maximum Gasteiger partial charge on any atom is 0.305 e. The molecule has 0 heterocycles. The molecule has 0 radical (unpaired) electrons. The molecule has 0 aliphatic carbocycles. The highest BCUT2D eigenvalue weighted by atomic mass is 16.5. The summed E-state index contributed by atoms with van der Waals surface area (Å²) < 4.78 is 5.50. The van der Waals surface area contributed by atoms with Crippen LogP contribution < -0.4 is 5.32 Å². The smallest absolute Gasteiger partial charge is 0.305 e. The van der Waals surface area contributed by atoms with Crippen molar-refractivity contribution in [3.63, 3.8) is 0 Å². The summed E-state index contributed by atoms with van der Waals surface area (Å²) in [5.41, 5.74) is 0. The summed E-state index contributed by atoms with van der Waals surface area (Å²) >= 11 is 0. The molecule has 2 atom stereocenters. The summed E-state index contributed by atoms with van der Waals surface area (Å²) in [6.45, 7) is 4.98. The van der Waals surface area contributed by atoms with Crippen LogP contribution >= 0.6 is 0 Å². The van der Waals surface area contributed by atoms with Crippen molar-refractivity contribution in [2.24, 2.45) is 0 Å². The van der Waals surface area contributed by atoms with Gasteiger partial charge in [-0.05, 0) is 51.4 Å². The van der Waals surface area contributed by atoms with E-state index in [1.165, 1.54) is 308 Å². The average Bonchev–Trinajstić information content (AvgIpc) is 3.39. The van der Waals surface area contributed by atoms with Crippen molar-refractivity contribution >= 4 is 11.9 Å². The first-order valence-electron chi connectivity index (χ1n) is 33.4. The van der Waals surface area contributed by atoms with Gasteiger partial charge in [-0.3, -0.25) is 9.59 Å². The van der Waals surface area contributed by atoms with E-state index >= 15 is 0 Å². The van der Waals surface area contributed by atoms with E-state index in [1.54, 1.807) is 0 Å². The Morgan fingerprint density at radius 1 is 0.370 bits per heavy atom. The topological polar surface area (TPSA) is 95.9 Å². The lowest BCUT2D eigenvalue weighted by Crippen LogP contribution is -2.45. The summed E-state index contributed by atoms with van der Waals surface area (Å²) in [6.07, 6.45) is 76.8. The lowest BCUT2D eigenvalue weighted by molar-refractivity contribution is -0.143. The Morgan fingerprint density at radius 2 is 0.644 bits per heavy atom. The normalized spacial score (nSPS) is 12.5. The minimum Gasteiger partial charge on any atom is -0.466 e. The zero-order chi connectivity index (χ0) is 52.9. The summed E-state index contributed by atoms with van der Waals surface area (Å²) in [6, 6.07) is -0.538. The number of carbonyl (C=O) groups is 2. The first kappa shape index (κ1) is 71.6.